The fraction of sp³-hybridized carbons (Fsp3) is 0.611. The van der Waals surface area contributed by atoms with E-state index in [2.05, 4.69) is 26.1 Å². The molecule has 1 N–H and O–H groups in total. The Morgan fingerprint density at radius 3 is 2.57 bits per heavy atom. The van der Waals surface area contributed by atoms with E-state index in [0.29, 0.717) is 22.4 Å². The topological polar surface area (TPSA) is 38.3 Å². The van der Waals surface area contributed by atoms with Crippen molar-refractivity contribution in [1.82, 2.24) is 0 Å². The van der Waals surface area contributed by atoms with E-state index in [0.717, 1.165) is 11.6 Å². The molecule has 3 atom stereocenters. The lowest BCUT2D eigenvalue weighted by molar-refractivity contribution is 0.0601. The number of esters is 1. The maximum Gasteiger partial charge on any atom is 0.339 e. The minimum Gasteiger partial charge on any atom is -0.465 e. The van der Waals surface area contributed by atoms with Crippen LogP contribution in [0.15, 0.2) is 24.3 Å². The highest BCUT2D eigenvalue weighted by Crippen LogP contribution is 2.65. The van der Waals surface area contributed by atoms with Gasteiger partial charge in [0.2, 0.25) is 0 Å². The number of ether oxygens (including phenoxy) is 1. The van der Waals surface area contributed by atoms with Crippen molar-refractivity contribution in [2.24, 2.45) is 16.7 Å². The van der Waals surface area contributed by atoms with Crippen molar-refractivity contribution < 1.29 is 9.53 Å². The van der Waals surface area contributed by atoms with Crippen LogP contribution in [0.5, 0.6) is 0 Å². The highest BCUT2D eigenvalue weighted by Gasteiger charge is 2.61. The number of fused-ring (bicyclic) bond motifs is 2. The van der Waals surface area contributed by atoms with E-state index >= 15 is 0 Å². The van der Waals surface area contributed by atoms with E-state index in [4.69, 9.17) is 4.74 Å². The average molecular weight is 287 g/mol. The van der Waals surface area contributed by atoms with Crippen molar-refractivity contribution in [2.45, 2.75) is 46.1 Å². The number of anilines is 1. The minimum absolute atomic E-state index is 0.273. The summed E-state index contributed by atoms with van der Waals surface area (Å²) in [5.74, 6) is 0.510. The van der Waals surface area contributed by atoms with Gasteiger partial charge < -0.3 is 10.1 Å². The third kappa shape index (κ3) is 1.97. The van der Waals surface area contributed by atoms with Crippen LogP contribution in [0, 0.1) is 16.7 Å². The summed E-state index contributed by atoms with van der Waals surface area (Å²) < 4.78 is 4.89. The number of rotatable bonds is 3. The van der Waals surface area contributed by atoms with Gasteiger partial charge in [0.05, 0.1) is 12.7 Å². The number of hydrogen-bond donors (Lipinski definition) is 1. The summed E-state index contributed by atoms with van der Waals surface area (Å²) in [5.41, 5.74) is 2.19. The molecule has 3 heteroatoms. The van der Waals surface area contributed by atoms with E-state index in [9.17, 15) is 4.79 Å². The number of carbonyl (C=O) groups excluding carboxylic acids is 1. The van der Waals surface area contributed by atoms with Gasteiger partial charge >= 0.3 is 5.97 Å². The van der Waals surface area contributed by atoms with Crippen molar-refractivity contribution in [3.63, 3.8) is 0 Å². The number of nitrogens with one attached hydrogen (secondary N) is 1. The summed E-state index contributed by atoms with van der Waals surface area (Å²) in [7, 11) is 1.43. The number of para-hydroxylation sites is 1. The Labute approximate surface area is 127 Å². The normalized spacial score (nSPS) is 33.0. The van der Waals surface area contributed by atoms with Gasteiger partial charge in [0, 0.05) is 11.7 Å². The van der Waals surface area contributed by atoms with Gasteiger partial charge in [-0.1, -0.05) is 32.9 Å². The standard InChI is InChI=1S/C18H25NO2/c1-17(2)12-9-10-18(17,3)15(11-12)19-14-8-6-5-7-13(14)16(20)21-4/h5-8,12,15,19H,9-11H2,1-4H3. The molecule has 114 valence electrons. The van der Waals surface area contributed by atoms with E-state index < -0.39 is 0 Å². The first-order chi connectivity index (χ1) is 9.90. The second-order valence-corrected chi connectivity index (χ2v) is 7.34. The van der Waals surface area contributed by atoms with Crippen LogP contribution in [-0.2, 0) is 4.74 Å². The van der Waals surface area contributed by atoms with Crippen molar-refractivity contribution in [3.8, 4) is 0 Å². The highest BCUT2D eigenvalue weighted by atomic mass is 16.5. The zero-order valence-electron chi connectivity index (χ0n) is 13.4. The Hall–Kier alpha value is -1.51. The molecule has 0 aliphatic heterocycles. The van der Waals surface area contributed by atoms with Crippen molar-refractivity contribution >= 4 is 11.7 Å². The molecule has 0 spiro atoms. The zero-order valence-corrected chi connectivity index (χ0v) is 13.4. The molecule has 0 saturated heterocycles. The molecule has 3 unspecified atom stereocenters. The molecule has 2 aliphatic carbocycles. The van der Waals surface area contributed by atoms with Gasteiger partial charge in [-0.25, -0.2) is 4.79 Å². The van der Waals surface area contributed by atoms with Crippen LogP contribution in [0.4, 0.5) is 5.69 Å². The Balaban J connectivity index is 1.88. The fourth-order valence-corrected chi connectivity index (χ4v) is 4.51. The number of carbonyl (C=O) groups is 1. The van der Waals surface area contributed by atoms with Gasteiger partial charge in [0.15, 0.2) is 0 Å². The third-order valence-electron chi connectivity index (χ3n) is 6.46. The minimum atomic E-state index is -0.273. The zero-order chi connectivity index (χ0) is 15.3. The van der Waals surface area contributed by atoms with Crippen LogP contribution in [0.1, 0.15) is 50.4 Å². The number of benzene rings is 1. The van der Waals surface area contributed by atoms with Crippen LogP contribution < -0.4 is 5.32 Å². The lowest BCUT2D eigenvalue weighted by atomic mass is 9.69. The molecule has 3 nitrogen and oxygen atoms in total. The maximum atomic E-state index is 11.9. The van der Waals surface area contributed by atoms with Crippen LogP contribution in [0.2, 0.25) is 0 Å². The summed E-state index contributed by atoms with van der Waals surface area (Å²) in [5, 5.41) is 3.65. The molecule has 1 aromatic rings. The van der Waals surface area contributed by atoms with Gasteiger partial charge in [-0.05, 0) is 48.1 Å². The molecule has 0 amide bonds. The fourth-order valence-electron chi connectivity index (χ4n) is 4.51. The maximum absolute atomic E-state index is 11.9. The van der Waals surface area contributed by atoms with Crippen LogP contribution in [0.3, 0.4) is 0 Å². The van der Waals surface area contributed by atoms with E-state index in [1.165, 1.54) is 26.4 Å². The van der Waals surface area contributed by atoms with Gasteiger partial charge in [-0.2, -0.15) is 0 Å². The first kappa shape index (κ1) is 14.4. The quantitative estimate of drug-likeness (QED) is 0.851. The predicted octanol–water partition coefficient (Wildman–Crippen LogP) is 4.10. The first-order valence-corrected chi connectivity index (χ1v) is 7.84. The molecule has 2 saturated carbocycles. The Morgan fingerprint density at radius 2 is 2.00 bits per heavy atom. The molecule has 2 bridgehead atoms. The molecule has 3 rings (SSSR count). The van der Waals surface area contributed by atoms with Gasteiger partial charge in [0.1, 0.15) is 0 Å². The second-order valence-electron chi connectivity index (χ2n) is 7.34. The molecule has 0 aromatic heterocycles. The van der Waals surface area contributed by atoms with Gasteiger partial charge in [-0.3, -0.25) is 0 Å². The predicted molar refractivity (Wildman–Crippen MR) is 84.4 cm³/mol. The Bertz CT molecular complexity index is 566. The van der Waals surface area contributed by atoms with E-state index in [1.54, 1.807) is 0 Å². The van der Waals surface area contributed by atoms with Crippen LogP contribution in [-0.4, -0.2) is 19.1 Å². The monoisotopic (exact) mass is 287 g/mol. The summed E-state index contributed by atoms with van der Waals surface area (Å²) in [4.78, 5) is 11.9. The van der Waals surface area contributed by atoms with E-state index in [1.807, 2.05) is 24.3 Å². The molecule has 0 heterocycles. The Kier molecular flexibility index (Phi) is 3.27. The molecule has 21 heavy (non-hydrogen) atoms. The molecular weight excluding hydrogens is 262 g/mol. The number of methoxy groups -OCH3 is 1. The largest absolute Gasteiger partial charge is 0.465 e. The Morgan fingerprint density at radius 1 is 1.29 bits per heavy atom. The summed E-state index contributed by atoms with van der Waals surface area (Å²) >= 11 is 0. The molecular formula is C18H25NO2. The van der Waals surface area contributed by atoms with Crippen LogP contribution in [0.25, 0.3) is 0 Å². The van der Waals surface area contributed by atoms with Crippen molar-refractivity contribution in [3.05, 3.63) is 29.8 Å². The van der Waals surface area contributed by atoms with Gasteiger partial charge in [0.25, 0.3) is 0 Å². The van der Waals surface area contributed by atoms with Crippen molar-refractivity contribution in [1.29, 1.82) is 0 Å². The molecule has 0 radical (unpaired) electrons. The first-order valence-electron chi connectivity index (χ1n) is 7.84. The number of hydrogen-bond acceptors (Lipinski definition) is 3. The smallest absolute Gasteiger partial charge is 0.339 e. The average Bonchev–Trinajstić information content (AvgIpc) is 2.80. The SMILES string of the molecule is COC(=O)c1ccccc1NC1CC2CCC1(C)C2(C)C. The lowest BCUT2D eigenvalue weighted by Crippen LogP contribution is -2.40. The van der Waals surface area contributed by atoms with Gasteiger partial charge in [-0.15, -0.1) is 0 Å². The third-order valence-corrected chi connectivity index (χ3v) is 6.46. The lowest BCUT2D eigenvalue weighted by Gasteiger charge is -2.40. The molecule has 2 fully saturated rings. The summed E-state index contributed by atoms with van der Waals surface area (Å²) in [6.07, 6.45) is 3.79. The van der Waals surface area contributed by atoms with Crippen molar-refractivity contribution in [2.75, 3.05) is 12.4 Å². The molecule has 2 aliphatic rings. The molecule has 1 aromatic carbocycles. The summed E-state index contributed by atoms with van der Waals surface area (Å²) in [6.45, 7) is 7.20. The highest BCUT2D eigenvalue weighted by molar-refractivity contribution is 5.95. The summed E-state index contributed by atoms with van der Waals surface area (Å²) in [6, 6.07) is 8.08. The van der Waals surface area contributed by atoms with Crippen LogP contribution >= 0.6 is 0 Å². The second kappa shape index (κ2) is 4.75. The van der Waals surface area contributed by atoms with E-state index in [-0.39, 0.29) is 5.97 Å².